The standard InChI is InChI=1S/C13H15N3O2/c1-8(17)13(18)16(4)10-5-6-12-11(7-10)14-9(2)15(12)3/h5-7H,1-4H3. The lowest BCUT2D eigenvalue weighted by Gasteiger charge is -2.15. The first kappa shape index (κ1) is 12.3. The van der Waals surface area contributed by atoms with E-state index in [1.165, 1.54) is 11.8 Å². The van der Waals surface area contributed by atoms with E-state index in [1.54, 1.807) is 7.05 Å². The van der Waals surface area contributed by atoms with Crippen molar-refractivity contribution >= 4 is 28.4 Å². The number of hydrogen-bond donors (Lipinski definition) is 0. The molecule has 5 nitrogen and oxygen atoms in total. The van der Waals surface area contributed by atoms with Crippen LogP contribution in [0.4, 0.5) is 5.69 Å². The summed E-state index contributed by atoms with van der Waals surface area (Å²) in [5.74, 6) is -0.0977. The maximum Gasteiger partial charge on any atom is 0.293 e. The molecule has 0 N–H and O–H groups in total. The topological polar surface area (TPSA) is 55.2 Å². The molecule has 0 fully saturated rings. The van der Waals surface area contributed by atoms with Crippen LogP contribution >= 0.6 is 0 Å². The van der Waals surface area contributed by atoms with Gasteiger partial charge in [0, 0.05) is 26.7 Å². The lowest BCUT2D eigenvalue weighted by atomic mass is 10.2. The van der Waals surface area contributed by atoms with Crippen LogP contribution in [0.15, 0.2) is 18.2 Å². The number of benzene rings is 1. The van der Waals surface area contributed by atoms with Gasteiger partial charge in [0.05, 0.1) is 11.0 Å². The molecule has 0 aliphatic carbocycles. The Labute approximate surface area is 105 Å². The third kappa shape index (κ3) is 1.88. The predicted octanol–water partition coefficient (Wildman–Crippen LogP) is 1.43. The van der Waals surface area contributed by atoms with Crippen LogP contribution in [0.25, 0.3) is 11.0 Å². The zero-order valence-corrected chi connectivity index (χ0v) is 10.9. The molecule has 1 amide bonds. The van der Waals surface area contributed by atoms with Crippen molar-refractivity contribution in [1.29, 1.82) is 0 Å². The number of Topliss-reactive ketones (excluding diaryl/α,β-unsaturated/α-hetero) is 1. The summed E-state index contributed by atoms with van der Waals surface area (Å²) in [5.41, 5.74) is 2.48. The molecule has 0 unspecified atom stereocenters. The molecule has 0 saturated heterocycles. The lowest BCUT2D eigenvalue weighted by Crippen LogP contribution is -2.31. The second-order valence-electron chi connectivity index (χ2n) is 4.31. The second kappa shape index (κ2) is 4.25. The van der Waals surface area contributed by atoms with Crippen molar-refractivity contribution in [3.8, 4) is 0 Å². The second-order valence-corrected chi connectivity index (χ2v) is 4.31. The van der Waals surface area contributed by atoms with Gasteiger partial charge in [-0.1, -0.05) is 0 Å². The summed E-state index contributed by atoms with van der Waals surface area (Å²) in [6.07, 6.45) is 0. The minimum Gasteiger partial charge on any atom is -0.331 e. The molecule has 2 aromatic rings. The zero-order chi connectivity index (χ0) is 13.4. The minimum absolute atomic E-state index is 0.477. The molecule has 94 valence electrons. The van der Waals surface area contributed by atoms with Gasteiger partial charge in [-0.25, -0.2) is 4.98 Å². The highest BCUT2D eigenvalue weighted by Gasteiger charge is 2.16. The molecule has 0 spiro atoms. The third-order valence-corrected chi connectivity index (χ3v) is 3.08. The SMILES string of the molecule is CC(=O)C(=O)N(C)c1ccc2c(c1)nc(C)n2C. The molecule has 1 aromatic heterocycles. The van der Waals surface area contributed by atoms with E-state index in [9.17, 15) is 9.59 Å². The number of likely N-dealkylation sites (N-methyl/N-ethyl adjacent to an activating group) is 1. The van der Waals surface area contributed by atoms with Gasteiger partial charge in [0.1, 0.15) is 5.82 Å². The number of ketones is 1. The molecule has 0 atom stereocenters. The van der Waals surface area contributed by atoms with Crippen molar-refractivity contribution < 1.29 is 9.59 Å². The lowest BCUT2D eigenvalue weighted by molar-refractivity contribution is -0.134. The number of carbonyl (C=O) groups is 2. The highest BCUT2D eigenvalue weighted by atomic mass is 16.2. The Hall–Kier alpha value is -2.17. The number of nitrogens with zero attached hydrogens (tertiary/aromatic N) is 3. The summed E-state index contributed by atoms with van der Waals surface area (Å²) in [4.78, 5) is 28.4. The molecular weight excluding hydrogens is 230 g/mol. The molecule has 18 heavy (non-hydrogen) atoms. The molecule has 0 saturated carbocycles. The predicted molar refractivity (Wildman–Crippen MR) is 69.5 cm³/mol. The van der Waals surface area contributed by atoms with Gasteiger partial charge < -0.3 is 9.47 Å². The molecule has 5 heteroatoms. The number of rotatable bonds is 2. The van der Waals surface area contributed by atoms with Crippen LogP contribution in [0.5, 0.6) is 0 Å². The number of aromatic nitrogens is 2. The number of aryl methyl sites for hydroxylation is 2. The van der Waals surface area contributed by atoms with Gasteiger partial charge in [-0.05, 0) is 25.1 Å². The maximum atomic E-state index is 11.6. The Morgan fingerprint density at radius 3 is 2.61 bits per heavy atom. The summed E-state index contributed by atoms with van der Waals surface area (Å²) in [7, 11) is 3.52. The molecule has 0 aliphatic rings. The number of anilines is 1. The average Bonchev–Trinajstić information content (AvgIpc) is 2.62. The van der Waals surface area contributed by atoms with Gasteiger partial charge in [0.15, 0.2) is 0 Å². The van der Waals surface area contributed by atoms with E-state index >= 15 is 0 Å². The minimum atomic E-state index is -0.526. The van der Waals surface area contributed by atoms with Crippen LogP contribution in [-0.4, -0.2) is 28.3 Å². The Kier molecular flexibility index (Phi) is 2.90. The van der Waals surface area contributed by atoms with Gasteiger partial charge >= 0.3 is 0 Å². The molecule has 0 bridgehead atoms. The van der Waals surface area contributed by atoms with Crippen molar-refractivity contribution in [3.05, 3.63) is 24.0 Å². The van der Waals surface area contributed by atoms with Gasteiger partial charge in [-0.15, -0.1) is 0 Å². The molecular formula is C13H15N3O2. The van der Waals surface area contributed by atoms with E-state index in [0.717, 1.165) is 16.9 Å². The first-order chi connectivity index (χ1) is 8.41. The number of fused-ring (bicyclic) bond motifs is 1. The number of amides is 1. The fourth-order valence-electron chi connectivity index (χ4n) is 1.87. The summed E-state index contributed by atoms with van der Waals surface area (Å²) in [6.45, 7) is 3.19. The van der Waals surface area contributed by atoms with E-state index in [1.807, 2.05) is 36.7 Å². The molecule has 0 radical (unpaired) electrons. The third-order valence-electron chi connectivity index (χ3n) is 3.08. The number of carbonyl (C=O) groups excluding carboxylic acids is 2. The van der Waals surface area contributed by atoms with Crippen molar-refractivity contribution in [2.75, 3.05) is 11.9 Å². The maximum absolute atomic E-state index is 11.6. The Morgan fingerprint density at radius 1 is 1.33 bits per heavy atom. The van der Waals surface area contributed by atoms with Gasteiger partial charge in [0.2, 0.25) is 5.78 Å². The first-order valence-electron chi connectivity index (χ1n) is 5.63. The van der Waals surface area contributed by atoms with Crippen molar-refractivity contribution in [3.63, 3.8) is 0 Å². The van der Waals surface area contributed by atoms with E-state index in [-0.39, 0.29) is 0 Å². The average molecular weight is 245 g/mol. The van der Waals surface area contributed by atoms with Gasteiger partial charge in [-0.3, -0.25) is 9.59 Å². The quantitative estimate of drug-likeness (QED) is 0.752. The van der Waals surface area contributed by atoms with Crippen LogP contribution in [0, 0.1) is 6.92 Å². The summed E-state index contributed by atoms with van der Waals surface area (Å²) >= 11 is 0. The Balaban J connectivity index is 2.47. The van der Waals surface area contributed by atoms with Crippen LogP contribution in [0.3, 0.4) is 0 Å². The fourth-order valence-corrected chi connectivity index (χ4v) is 1.87. The first-order valence-corrected chi connectivity index (χ1v) is 5.63. The fraction of sp³-hybridized carbons (Fsp3) is 0.308. The van der Waals surface area contributed by atoms with Crippen LogP contribution in [0.1, 0.15) is 12.7 Å². The number of hydrogen-bond acceptors (Lipinski definition) is 3. The Bertz CT molecular complexity index is 643. The normalized spacial score (nSPS) is 10.7. The van der Waals surface area contributed by atoms with Crippen LogP contribution in [0.2, 0.25) is 0 Å². The highest BCUT2D eigenvalue weighted by molar-refractivity contribution is 6.40. The summed E-state index contributed by atoms with van der Waals surface area (Å²) in [6, 6.07) is 5.52. The van der Waals surface area contributed by atoms with Gasteiger partial charge in [0.25, 0.3) is 5.91 Å². The highest BCUT2D eigenvalue weighted by Crippen LogP contribution is 2.21. The number of imidazole rings is 1. The molecule has 0 aliphatic heterocycles. The largest absolute Gasteiger partial charge is 0.331 e. The van der Waals surface area contributed by atoms with Crippen molar-refractivity contribution in [2.45, 2.75) is 13.8 Å². The van der Waals surface area contributed by atoms with Gasteiger partial charge in [-0.2, -0.15) is 0 Å². The van der Waals surface area contributed by atoms with E-state index < -0.39 is 11.7 Å². The zero-order valence-electron chi connectivity index (χ0n) is 10.9. The van der Waals surface area contributed by atoms with Crippen molar-refractivity contribution in [2.24, 2.45) is 7.05 Å². The van der Waals surface area contributed by atoms with Crippen LogP contribution < -0.4 is 4.90 Å². The van der Waals surface area contributed by atoms with E-state index in [2.05, 4.69) is 4.98 Å². The van der Waals surface area contributed by atoms with E-state index in [0.29, 0.717) is 5.69 Å². The smallest absolute Gasteiger partial charge is 0.293 e. The Morgan fingerprint density at radius 2 is 2.00 bits per heavy atom. The molecule has 1 aromatic carbocycles. The monoisotopic (exact) mass is 245 g/mol. The van der Waals surface area contributed by atoms with E-state index in [4.69, 9.17) is 0 Å². The molecule has 1 heterocycles. The summed E-state index contributed by atoms with van der Waals surface area (Å²) in [5, 5.41) is 0. The summed E-state index contributed by atoms with van der Waals surface area (Å²) < 4.78 is 1.98. The van der Waals surface area contributed by atoms with Crippen molar-refractivity contribution in [1.82, 2.24) is 9.55 Å². The van der Waals surface area contributed by atoms with Crippen LogP contribution in [-0.2, 0) is 16.6 Å². The molecule has 2 rings (SSSR count).